The van der Waals surface area contributed by atoms with E-state index in [1.165, 1.54) is 35.2 Å². The molecule has 0 spiro atoms. The molecule has 1 aliphatic heterocycles. The Labute approximate surface area is 175 Å². The van der Waals surface area contributed by atoms with Crippen molar-refractivity contribution in [3.05, 3.63) is 88.0 Å². The van der Waals surface area contributed by atoms with Crippen LogP contribution in [0.25, 0.3) is 11.1 Å². The molecule has 1 heterocycles. The highest BCUT2D eigenvalue weighted by atomic mass is 16.2. The lowest BCUT2D eigenvalue weighted by Crippen LogP contribution is -2.29. The van der Waals surface area contributed by atoms with Crippen LogP contribution in [0.2, 0.25) is 0 Å². The van der Waals surface area contributed by atoms with Crippen LogP contribution in [0.15, 0.2) is 54.6 Å². The van der Waals surface area contributed by atoms with Crippen LogP contribution in [0.4, 0.5) is 5.69 Å². The van der Waals surface area contributed by atoms with Crippen molar-refractivity contribution in [2.24, 2.45) is 0 Å². The average Bonchev–Trinajstić information content (AvgIpc) is 2.98. The minimum absolute atomic E-state index is 0.247. The van der Waals surface area contributed by atoms with Gasteiger partial charge in [-0.1, -0.05) is 29.8 Å². The second kappa shape index (κ2) is 7.26. The quantitative estimate of drug-likeness (QED) is 0.664. The van der Waals surface area contributed by atoms with Crippen LogP contribution in [0.3, 0.4) is 0 Å². The van der Waals surface area contributed by atoms with Gasteiger partial charge in [0.05, 0.1) is 16.8 Å². The third-order valence-electron chi connectivity index (χ3n) is 5.52. The number of benzene rings is 3. The second-order valence-corrected chi connectivity index (χ2v) is 7.60. The zero-order valence-corrected chi connectivity index (χ0v) is 17.4. The Balaban J connectivity index is 1.72. The normalized spacial score (nSPS) is 12.9. The molecule has 1 N–H and O–H groups in total. The van der Waals surface area contributed by atoms with Gasteiger partial charge in [-0.2, -0.15) is 0 Å². The highest BCUT2D eigenvalue weighted by Gasteiger charge is 2.37. The molecule has 3 amide bonds. The van der Waals surface area contributed by atoms with E-state index in [1.54, 1.807) is 12.1 Å². The molecule has 5 heteroatoms. The van der Waals surface area contributed by atoms with E-state index in [0.29, 0.717) is 16.8 Å². The predicted molar refractivity (Wildman–Crippen MR) is 117 cm³/mol. The Hall–Kier alpha value is -3.73. The molecule has 150 valence electrons. The molecular weight excluding hydrogens is 376 g/mol. The lowest BCUT2D eigenvalue weighted by molar-refractivity contribution is 0.0924. The molecular formula is C25H22N2O3. The summed E-state index contributed by atoms with van der Waals surface area (Å²) in [6.07, 6.45) is 0. The number of aryl methyl sites for hydroxylation is 3. The Morgan fingerprint density at radius 1 is 0.733 bits per heavy atom. The maximum absolute atomic E-state index is 13.0. The van der Waals surface area contributed by atoms with Gasteiger partial charge in [0.1, 0.15) is 0 Å². The fourth-order valence-electron chi connectivity index (χ4n) is 3.97. The van der Waals surface area contributed by atoms with Crippen molar-refractivity contribution in [1.29, 1.82) is 0 Å². The van der Waals surface area contributed by atoms with Crippen molar-refractivity contribution in [3.63, 3.8) is 0 Å². The van der Waals surface area contributed by atoms with Crippen molar-refractivity contribution in [3.8, 4) is 11.1 Å². The first-order valence-corrected chi connectivity index (χ1v) is 9.75. The van der Waals surface area contributed by atoms with E-state index in [9.17, 15) is 14.4 Å². The molecule has 0 aliphatic carbocycles. The third-order valence-corrected chi connectivity index (χ3v) is 5.52. The molecule has 4 rings (SSSR count). The number of amides is 3. The number of hydrogen-bond acceptors (Lipinski definition) is 3. The monoisotopic (exact) mass is 398 g/mol. The van der Waals surface area contributed by atoms with Gasteiger partial charge in [0.15, 0.2) is 0 Å². The first-order valence-electron chi connectivity index (χ1n) is 9.75. The van der Waals surface area contributed by atoms with Crippen LogP contribution in [0.1, 0.15) is 47.8 Å². The van der Waals surface area contributed by atoms with Crippen molar-refractivity contribution in [2.75, 3.05) is 11.9 Å². The van der Waals surface area contributed by atoms with Gasteiger partial charge in [0.25, 0.3) is 17.7 Å². The highest BCUT2D eigenvalue weighted by molar-refractivity contribution is 6.34. The van der Waals surface area contributed by atoms with Gasteiger partial charge in [-0.15, -0.1) is 0 Å². The van der Waals surface area contributed by atoms with E-state index >= 15 is 0 Å². The zero-order valence-electron chi connectivity index (χ0n) is 17.4. The average molecular weight is 398 g/mol. The number of fused-ring (bicyclic) bond motifs is 1. The van der Waals surface area contributed by atoms with Crippen LogP contribution in [0, 0.1) is 20.8 Å². The molecule has 30 heavy (non-hydrogen) atoms. The van der Waals surface area contributed by atoms with E-state index < -0.39 is 5.91 Å². The van der Waals surface area contributed by atoms with Gasteiger partial charge >= 0.3 is 0 Å². The SMILES string of the molecule is CNC(=O)c1ccc2c(c1)C(=O)N(c1ccc(-c3ccc(C)cc3C)c(C)c1)C2=O. The molecule has 0 atom stereocenters. The van der Waals surface area contributed by atoms with Crippen LogP contribution in [-0.4, -0.2) is 24.8 Å². The summed E-state index contributed by atoms with van der Waals surface area (Å²) in [6, 6.07) is 16.5. The number of rotatable bonds is 3. The summed E-state index contributed by atoms with van der Waals surface area (Å²) >= 11 is 0. The summed E-state index contributed by atoms with van der Waals surface area (Å²) in [4.78, 5) is 39.0. The number of imide groups is 1. The molecule has 3 aromatic carbocycles. The Kier molecular flexibility index (Phi) is 4.74. The van der Waals surface area contributed by atoms with Gasteiger partial charge in [-0.25, -0.2) is 4.90 Å². The number of nitrogens with zero attached hydrogens (tertiary/aromatic N) is 1. The summed E-state index contributed by atoms with van der Waals surface area (Å²) in [5.41, 5.74) is 6.97. The molecule has 0 radical (unpaired) electrons. The molecule has 0 saturated carbocycles. The minimum Gasteiger partial charge on any atom is -0.355 e. The second-order valence-electron chi connectivity index (χ2n) is 7.60. The maximum atomic E-state index is 13.0. The van der Waals surface area contributed by atoms with Crippen molar-refractivity contribution >= 4 is 23.4 Å². The fourth-order valence-corrected chi connectivity index (χ4v) is 3.97. The first kappa shape index (κ1) is 19.6. The number of carbonyl (C=O) groups excluding carboxylic acids is 3. The van der Waals surface area contributed by atoms with Gasteiger partial charge < -0.3 is 5.32 Å². The number of carbonyl (C=O) groups is 3. The van der Waals surface area contributed by atoms with E-state index in [4.69, 9.17) is 0 Å². The zero-order chi connectivity index (χ0) is 21.6. The molecule has 0 saturated heterocycles. The Bertz CT molecular complexity index is 1230. The first-order chi connectivity index (χ1) is 14.3. The van der Waals surface area contributed by atoms with Gasteiger partial charge in [0.2, 0.25) is 0 Å². The van der Waals surface area contributed by atoms with Crippen LogP contribution < -0.4 is 10.2 Å². The molecule has 0 fully saturated rings. The van der Waals surface area contributed by atoms with Crippen molar-refractivity contribution < 1.29 is 14.4 Å². The summed E-state index contributed by atoms with van der Waals surface area (Å²) in [5, 5.41) is 2.53. The predicted octanol–water partition coefficient (Wildman–Crippen LogP) is 4.44. The highest BCUT2D eigenvalue weighted by Crippen LogP contribution is 2.34. The molecule has 0 aromatic heterocycles. The van der Waals surface area contributed by atoms with E-state index in [1.807, 2.05) is 19.1 Å². The maximum Gasteiger partial charge on any atom is 0.266 e. The number of anilines is 1. The summed E-state index contributed by atoms with van der Waals surface area (Å²) in [6.45, 7) is 6.11. The van der Waals surface area contributed by atoms with Crippen LogP contribution in [-0.2, 0) is 0 Å². The lowest BCUT2D eigenvalue weighted by Gasteiger charge is -2.17. The van der Waals surface area contributed by atoms with E-state index in [2.05, 4.69) is 37.4 Å². The fraction of sp³-hybridized carbons (Fsp3) is 0.160. The van der Waals surface area contributed by atoms with Gasteiger partial charge in [-0.3, -0.25) is 14.4 Å². The largest absolute Gasteiger partial charge is 0.355 e. The third kappa shape index (κ3) is 3.08. The molecule has 0 unspecified atom stereocenters. The smallest absolute Gasteiger partial charge is 0.266 e. The molecule has 3 aromatic rings. The summed E-state index contributed by atoms with van der Waals surface area (Å²) in [7, 11) is 1.52. The summed E-state index contributed by atoms with van der Waals surface area (Å²) < 4.78 is 0. The van der Waals surface area contributed by atoms with Crippen molar-refractivity contribution in [1.82, 2.24) is 5.32 Å². The standard InChI is InChI=1S/C25H22N2O3/c1-14-5-8-19(15(2)11-14)20-10-7-18(12-16(20)3)27-24(29)21-9-6-17(23(28)26-4)13-22(21)25(27)30/h5-13H,1-4H3,(H,26,28). The number of hydrogen-bond donors (Lipinski definition) is 1. The van der Waals surface area contributed by atoms with Gasteiger partial charge in [0, 0.05) is 12.6 Å². The molecule has 5 nitrogen and oxygen atoms in total. The van der Waals surface area contributed by atoms with Gasteiger partial charge in [-0.05, 0) is 73.4 Å². The van der Waals surface area contributed by atoms with Crippen molar-refractivity contribution in [2.45, 2.75) is 20.8 Å². The Morgan fingerprint density at radius 2 is 1.33 bits per heavy atom. The molecule has 0 bridgehead atoms. The number of nitrogens with one attached hydrogen (secondary N) is 1. The lowest BCUT2D eigenvalue weighted by atomic mass is 9.95. The minimum atomic E-state index is -0.417. The summed E-state index contributed by atoms with van der Waals surface area (Å²) in [5.74, 6) is -1.10. The van der Waals surface area contributed by atoms with E-state index in [0.717, 1.165) is 16.7 Å². The van der Waals surface area contributed by atoms with E-state index in [-0.39, 0.29) is 17.4 Å². The van der Waals surface area contributed by atoms with Crippen LogP contribution >= 0.6 is 0 Å². The van der Waals surface area contributed by atoms with Crippen LogP contribution in [0.5, 0.6) is 0 Å². The topological polar surface area (TPSA) is 66.5 Å². The Morgan fingerprint density at radius 3 is 1.97 bits per heavy atom. The molecule has 1 aliphatic rings.